The normalized spacial score (nSPS) is 19.1. The first-order valence-corrected chi connectivity index (χ1v) is 8.27. The second-order valence-electron chi connectivity index (χ2n) is 5.09. The number of ether oxygens (including phenoxy) is 1. The monoisotopic (exact) mass is 284 g/mol. The number of hydrogen-bond donors (Lipinski definition) is 1. The van der Waals surface area contributed by atoms with Crippen LogP contribution in [0.4, 0.5) is 5.82 Å². The number of pyridine rings is 1. The van der Waals surface area contributed by atoms with Gasteiger partial charge < -0.3 is 10.1 Å². The maximum absolute atomic E-state index is 12.1. The first-order chi connectivity index (χ1) is 8.93. The Hall–Kier alpha value is -1.14. The predicted octanol–water partition coefficient (Wildman–Crippen LogP) is 1.40. The third-order valence-electron chi connectivity index (χ3n) is 3.67. The molecule has 19 heavy (non-hydrogen) atoms. The van der Waals surface area contributed by atoms with Gasteiger partial charge in [0.2, 0.25) is 0 Å². The number of hydrogen-bond acceptors (Lipinski definition) is 5. The van der Waals surface area contributed by atoms with Crippen LogP contribution in [0.15, 0.2) is 18.2 Å². The highest BCUT2D eigenvalue weighted by atomic mass is 32.2. The standard InChI is InChI=1S/C13H20N2O3S/c1-11-4-3-5-12(15-11)14-10-13(19(2,16)17)6-8-18-9-7-13/h3-5H,6-10H2,1-2H3,(H,14,15). The first-order valence-electron chi connectivity index (χ1n) is 6.38. The number of nitrogens with one attached hydrogen (secondary N) is 1. The van der Waals surface area contributed by atoms with E-state index in [9.17, 15) is 8.42 Å². The van der Waals surface area contributed by atoms with Crippen molar-refractivity contribution in [1.82, 2.24) is 4.98 Å². The van der Waals surface area contributed by atoms with Crippen molar-refractivity contribution < 1.29 is 13.2 Å². The van der Waals surface area contributed by atoms with E-state index >= 15 is 0 Å². The SMILES string of the molecule is Cc1cccc(NCC2(S(C)(=O)=O)CCOCC2)n1. The van der Waals surface area contributed by atoms with E-state index in [0.717, 1.165) is 11.5 Å². The minimum atomic E-state index is -3.14. The number of nitrogens with zero attached hydrogens (tertiary/aromatic N) is 1. The van der Waals surface area contributed by atoms with Crippen LogP contribution in [0.5, 0.6) is 0 Å². The molecule has 0 amide bonds. The Kier molecular flexibility index (Phi) is 4.10. The largest absolute Gasteiger partial charge is 0.381 e. The van der Waals surface area contributed by atoms with Crippen LogP contribution >= 0.6 is 0 Å². The van der Waals surface area contributed by atoms with Gasteiger partial charge in [0.15, 0.2) is 9.84 Å². The minimum Gasteiger partial charge on any atom is -0.381 e. The molecule has 6 heteroatoms. The Balaban J connectivity index is 2.13. The Morgan fingerprint density at radius 3 is 2.63 bits per heavy atom. The summed E-state index contributed by atoms with van der Waals surface area (Å²) in [5, 5.41) is 3.16. The van der Waals surface area contributed by atoms with E-state index < -0.39 is 14.6 Å². The molecular weight excluding hydrogens is 264 g/mol. The van der Waals surface area contributed by atoms with Gasteiger partial charge in [-0.05, 0) is 31.9 Å². The average Bonchev–Trinajstić information content (AvgIpc) is 2.36. The fourth-order valence-corrected chi connectivity index (χ4v) is 3.56. The van der Waals surface area contributed by atoms with Gasteiger partial charge in [-0.15, -0.1) is 0 Å². The molecule has 1 aliphatic heterocycles. The Morgan fingerprint density at radius 1 is 1.37 bits per heavy atom. The molecule has 0 spiro atoms. The molecule has 1 aromatic rings. The molecule has 5 nitrogen and oxygen atoms in total. The van der Waals surface area contributed by atoms with Gasteiger partial charge in [-0.2, -0.15) is 0 Å². The van der Waals surface area contributed by atoms with E-state index in [2.05, 4.69) is 10.3 Å². The average molecular weight is 284 g/mol. The molecule has 0 aromatic carbocycles. The molecule has 2 rings (SSSR count). The topological polar surface area (TPSA) is 68.3 Å². The van der Waals surface area contributed by atoms with Gasteiger partial charge in [-0.25, -0.2) is 13.4 Å². The molecule has 0 aliphatic carbocycles. The van der Waals surface area contributed by atoms with Gasteiger partial charge in [0.1, 0.15) is 5.82 Å². The van der Waals surface area contributed by atoms with Gasteiger partial charge in [0.25, 0.3) is 0 Å². The minimum absolute atomic E-state index is 0.381. The zero-order chi connectivity index (χ0) is 13.9. The smallest absolute Gasteiger partial charge is 0.155 e. The zero-order valence-corrected chi connectivity index (χ0v) is 12.2. The summed E-state index contributed by atoms with van der Waals surface area (Å²) < 4.78 is 28.7. The molecule has 0 radical (unpaired) electrons. The summed E-state index contributed by atoms with van der Waals surface area (Å²) in [6.07, 6.45) is 2.37. The van der Waals surface area contributed by atoms with E-state index in [4.69, 9.17) is 4.74 Å². The third-order valence-corrected chi connectivity index (χ3v) is 5.80. The lowest BCUT2D eigenvalue weighted by Crippen LogP contribution is -2.48. The van der Waals surface area contributed by atoms with E-state index in [0.29, 0.717) is 32.6 Å². The van der Waals surface area contributed by atoms with E-state index in [1.807, 2.05) is 25.1 Å². The maximum atomic E-state index is 12.1. The Morgan fingerprint density at radius 2 is 2.05 bits per heavy atom. The van der Waals surface area contributed by atoms with Crippen molar-refractivity contribution in [3.8, 4) is 0 Å². The second kappa shape index (κ2) is 5.46. The summed E-state index contributed by atoms with van der Waals surface area (Å²) in [5.41, 5.74) is 0.908. The van der Waals surface area contributed by atoms with Crippen LogP contribution in [-0.2, 0) is 14.6 Å². The van der Waals surface area contributed by atoms with Crippen LogP contribution in [0.1, 0.15) is 18.5 Å². The van der Waals surface area contributed by atoms with Crippen molar-refractivity contribution in [2.45, 2.75) is 24.5 Å². The van der Waals surface area contributed by atoms with Gasteiger partial charge in [-0.3, -0.25) is 0 Å². The molecule has 1 fully saturated rings. The number of aromatic nitrogens is 1. The number of anilines is 1. The van der Waals surface area contributed by atoms with Crippen LogP contribution in [0.3, 0.4) is 0 Å². The zero-order valence-electron chi connectivity index (χ0n) is 11.3. The molecule has 1 aliphatic rings. The first kappa shape index (κ1) is 14.3. The predicted molar refractivity (Wildman–Crippen MR) is 75.1 cm³/mol. The molecule has 0 bridgehead atoms. The molecule has 1 aromatic heterocycles. The summed E-state index contributed by atoms with van der Waals surface area (Å²) >= 11 is 0. The van der Waals surface area contributed by atoms with Crippen molar-refractivity contribution in [3.63, 3.8) is 0 Å². The molecule has 1 saturated heterocycles. The van der Waals surface area contributed by atoms with E-state index in [-0.39, 0.29) is 0 Å². The summed E-state index contributed by atoms with van der Waals surface area (Å²) in [4.78, 5) is 4.33. The quantitative estimate of drug-likeness (QED) is 0.905. The third kappa shape index (κ3) is 3.25. The van der Waals surface area contributed by atoms with E-state index in [1.165, 1.54) is 6.26 Å². The highest BCUT2D eigenvalue weighted by Crippen LogP contribution is 2.29. The molecule has 106 valence electrons. The fourth-order valence-electron chi connectivity index (χ4n) is 2.32. The summed E-state index contributed by atoms with van der Waals surface area (Å²) in [5.74, 6) is 0.717. The highest BCUT2D eigenvalue weighted by molar-refractivity contribution is 7.92. The van der Waals surface area contributed by atoms with Crippen molar-refractivity contribution in [1.29, 1.82) is 0 Å². The second-order valence-corrected chi connectivity index (χ2v) is 7.50. The van der Waals surface area contributed by atoms with Gasteiger partial charge in [0.05, 0.1) is 4.75 Å². The van der Waals surface area contributed by atoms with Crippen LogP contribution < -0.4 is 5.32 Å². The van der Waals surface area contributed by atoms with Crippen molar-refractivity contribution in [2.24, 2.45) is 0 Å². The van der Waals surface area contributed by atoms with Crippen molar-refractivity contribution in [2.75, 3.05) is 31.3 Å². The summed E-state index contributed by atoms with van der Waals surface area (Å²) in [6, 6.07) is 5.66. The lowest BCUT2D eigenvalue weighted by Gasteiger charge is -2.35. The molecule has 0 atom stereocenters. The van der Waals surface area contributed by atoms with Gasteiger partial charge in [-0.1, -0.05) is 6.07 Å². The highest BCUT2D eigenvalue weighted by Gasteiger charge is 2.42. The van der Waals surface area contributed by atoms with Crippen LogP contribution in [-0.4, -0.2) is 44.2 Å². The van der Waals surface area contributed by atoms with Crippen LogP contribution in [0.2, 0.25) is 0 Å². The number of aryl methyl sites for hydroxylation is 1. The number of rotatable bonds is 4. The molecule has 1 N–H and O–H groups in total. The lowest BCUT2D eigenvalue weighted by molar-refractivity contribution is 0.0776. The fraction of sp³-hybridized carbons (Fsp3) is 0.615. The molecule has 2 heterocycles. The lowest BCUT2D eigenvalue weighted by atomic mass is 9.99. The van der Waals surface area contributed by atoms with Gasteiger partial charge >= 0.3 is 0 Å². The van der Waals surface area contributed by atoms with Crippen LogP contribution in [0, 0.1) is 6.92 Å². The van der Waals surface area contributed by atoms with Crippen molar-refractivity contribution >= 4 is 15.7 Å². The Labute approximate surface area is 114 Å². The number of sulfone groups is 1. The molecular formula is C13H20N2O3S. The Bertz CT molecular complexity index is 537. The summed E-state index contributed by atoms with van der Waals surface area (Å²) in [7, 11) is -3.14. The molecule has 0 saturated carbocycles. The van der Waals surface area contributed by atoms with E-state index in [1.54, 1.807) is 0 Å². The van der Waals surface area contributed by atoms with Crippen LogP contribution in [0.25, 0.3) is 0 Å². The van der Waals surface area contributed by atoms with Crippen molar-refractivity contribution in [3.05, 3.63) is 23.9 Å². The van der Waals surface area contributed by atoms with Gasteiger partial charge in [0, 0.05) is 31.7 Å². The summed E-state index contributed by atoms with van der Waals surface area (Å²) in [6.45, 7) is 3.28. The maximum Gasteiger partial charge on any atom is 0.155 e. The molecule has 0 unspecified atom stereocenters.